The molecule has 1 aliphatic heterocycles. The van der Waals surface area contributed by atoms with E-state index in [1.807, 2.05) is 30.4 Å². The van der Waals surface area contributed by atoms with E-state index in [4.69, 9.17) is 9.47 Å². The van der Waals surface area contributed by atoms with Gasteiger partial charge < -0.3 is 9.47 Å². The van der Waals surface area contributed by atoms with E-state index in [1.165, 1.54) is 0 Å². The molecule has 0 N–H and O–H groups in total. The molecule has 104 valence electrons. The average molecular weight is 271 g/mol. The number of hydrogen-bond donors (Lipinski definition) is 0. The van der Waals surface area contributed by atoms with E-state index >= 15 is 0 Å². The lowest BCUT2D eigenvalue weighted by Gasteiger charge is -2.30. The topological polar surface area (TPSA) is 38.8 Å². The largest absolute Gasteiger partial charge is 0.497 e. The Balaban J connectivity index is 2.46. The molecule has 2 rings (SSSR count). The highest BCUT2D eigenvalue weighted by molar-refractivity contribution is 5.94. The van der Waals surface area contributed by atoms with E-state index in [0.717, 1.165) is 17.0 Å². The van der Waals surface area contributed by atoms with E-state index in [0.29, 0.717) is 6.61 Å². The Morgan fingerprint density at radius 2 is 2.25 bits per heavy atom. The van der Waals surface area contributed by atoms with Crippen LogP contribution in [0.1, 0.15) is 19.4 Å². The van der Waals surface area contributed by atoms with Crippen LogP contribution >= 0.6 is 0 Å². The molecule has 0 unspecified atom stereocenters. The number of amides is 1. The third-order valence-electron chi connectivity index (χ3n) is 2.99. The first-order valence-electron chi connectivity index (χ1n) is 6.45. The minimum Gasteiger partial charge on any atom is -0.497 e. The van der Waals surface area contributed by atoms with Gasteiger partial charge in [-0.2, -0.15) is 0 Å². The predicted molar refractivity (Wildman–Crippen MR) is 78.8 cm³/mol. The summed E-state index contributed by atoms with van der Waals surface area (Å²) in [6, 6.07) is 5.24. The highest BCUT2D eigenvalue weighted by atomic mass is 16.6. The maximum atomic E-state index is 12.2. The summed E-state index contributed by atoms with van der Waals surface area (Å²) in [6.45, 7) is 3.87. The van der Waals surface area contributed by atoms with Crippen molar-refractivity contribution in [3.63, 3.8) is 0 Å². The lowest BCUT2D eigenvalue weighted by Crippen LogP contribution is -2.40. The van der Waals surface area contributed by atoms with Crippen LogP contribution in [0.15, 0.2) is 24.3 Å². The molecule has 0 fully saturated rings. The van der Waals surface area contributed by atoms with Gasteiger partial charge >= 0.3 is 6.09 Å². The Hall–Kier alpha value is -2.41. The molecule has 0 aromatic heterocycles. The van der Waals surface area contributed by atoms with Crippen molar-refractivity contribution < 1.29 is 14.3 Å². The lowest BCUT2D eigenvalue weighted by atomic mass is 10.0. The summed E-state index contributed by atoms with van der Waals surface area (Å²) in [7, 11) is 1.61. The van der Waals surface area contributed by atoms with Crippen LogP contribution in [0.25, 0.3) is 6.08 Å². The molecule has 1 aliphatic rings. The second-order valence-corrected chi connectivity index (χ2v) is 4.19. The van der Waals surface area contributed by atoms with Crippen molar-refractivity contribution in [1.29, 1.82) is 0 Å². The average Bonchev–Trinajstić information content (AvgIpc) is 2.47. The first-order chi connectivity index (χ1) is 9.71. The van der Waals surface area contributed by atoms with Crippen molar-refractivity contribution in [2.75, 3.05) is 18.6 Å². The van der Waals surface area contributed by atoms with Crippen molar-refractivity contribution >= 4 is 17.9 Å². The van der Waals surface area contributed by atoms with E-state index in [2.05, 4.69) is 11.8 Å². The van der Waals surface area contributed by atoms with Crippen molar-refractivity contribution in [3.05, 3.63) is 29.8 Å². The summed E-state index contributed by atoms with van der Waals surface area (Å²) in [4.78, 5) is 13.7. The van der Waals surface area contributed by atoms with Gasteiger partial charge in [0.25, 0.3) is 0 Å². The van der Waals surface area contributed by atoms with Crippen LogP contribution in [-0.4, -0.2) is 25.9 Å². The zero-order chi connectivity index (χ0) is 14.5. The van der Waals surface area contributed by atoms with Gasteiger partial charge in [-0.05, 0) is 38.1 Å². The SMILES string of the molecule is CC#C[C@@H]1C=Cc2cc(OC)ccc2N1C(=O)OCC. The molecule has 0 aliphatic carbocycles. The summed E-state index contributed by atoms with van der Waals surface area (Å²) >= 11 is 0. The van der Waals surface area contributed by atoms with Crippen LogP contribution in [0.5, 0.6) is 5.75 Å². The maximum absolute atomic E-state index is 12.2. The Bertz CT molecular complexity index is 595. The Labute approximate surface area is 119 Å². The number of benzene rings is 1. The van der Waals surface area contributed by atoms with Crippen molar-refractivity contribution in [3.8, 4) is 17.6 Å². The van der Waals surface area contributed by atoms with Crippen LogP contribution in [0.4, 0.5) is 10.5 Å². The van der Waals surface area contributed by atoms with Crippen LogP contribution in [0.3, 0.4) is 0 Å². The minimum absolute atomic E-state index is 0.306. The fourth-order valence-electron chi connectivity index (χ4n) is 2.11. The second-order valence-electron chi connectivity index (χ2n) is 4.19. The van der Waals surface area contributed by atoms with Crippen LogP contribution in [0, 0.1) is 11.8 Å². The van der Waals surface area contributed by atoms with Crippen molar-refractivity contribution in [2.45, 2.75) is 19.9 Å². The number of methoxy groups -OCH3 is 1. The zero-order valence-electron chi connectivity index (χ0n) is 11.8. The zero-order valence-corrected chi connectivity index (χ0v) is 11.8. The molecule has 1 heterocycles. The quantitative estimate of drug-likeness (QED) is 0.776. The molecule has 1 atom stereocenters. The van der Waals surface area contributed by atoms with Gasteiger partial charge in [0, 0.05) is 5.56 Å². The minimum atomic E-state index is -0.393. The fourth-order valence-corrected chi connectivity index (χ4v) is 2.11. The normalized spacial score (nSPS) is 15.9. The number of ether oxygens (including phenoxy) is 2. The number of hydrogen-bond acceptors (Lipinski definition) is 3. The van der Waals surface area contributed by atoms with Gasteiger partial charge in [0.2, 0.25) is 0 Å². The number of nitrogens with zero attached hydrogens (tertiary/aromatic N) is 1. The summed E-state index contributed by atoms with van der Waals surface area (Å²) < 4.78 is 10.3. The molecule has 4 nitrogen and oxygen atoms in total. The van der Waals surface area contributed by atoms with E-state index < -0.39 is 6.09 Å². The van der Waals surface area contributed by atoms with Gasteiger partial charge in [-0.15, -0.1) is 5.92 Å². The molecular weight excluding hydrogens is 254 g/mol. The summed E-state index contributed by atoms with van der Waals surface area (Å²) in [6.07, 6.45) is 3.44. The second kappa shape index (κ2) is 6.16. The number of anilines is 1. The summed E-state index contributed by atoms with van der Waals surface area (Å²) in [5.74, 6) is 6.59. The highest BCUT2D eigenvalue weighted by Gasteiger charge is 2.28. The first kappa shape index (κ1) is 14.0. The summed E-state index contributed by atoms with van der Waals surface area (Å²) in [5.41, 5.74) is 1.69. The smallest absolute Gasteiger partial charge is 0.415 e. The molecule has 1 aromatic carbocycles. The summed E-state index contributed by atoms with van der Waals surface area (Å²) in [5, 5.41) is 0. The first-order valence-corrected chi connectivity index (χ1v) is 6.45. The van der Waals surface area contributed by atoms with Gasteiger partial charge in [0.1, 0.15) is 11.8 Å². The predicted octanol–water partition coefficient (Wildman–Crippen LogP) is 3.08. The van der Waals surface area contributed by atoms with Gasteiger partial charge in [-0.3, -0.25) is 4.90 Å². The molecule has 1 amide bonds. The van der Waals surface area contributed by atoms with Crippen LogP contribution in [-0.2, 0) is 4.74 Å². The van der Waals surface area contributed by atoms with Gasteiger partial charge in [-0.25, -0.2) is 4.79 Å². The van der Waals surface area contributed by atoms with Crippen LogP contribution in [0.2, 0.25) is 0 Å². The van der Waals surface area contributed by atoms with Gasteiger partial charge in [0.05, 0.1) is 19.4 Å². The van der Waals surface area contributed by atoms with Crippen molar-refractivity contribution in [2.24, 2.45) is 0 Å². The Morgan fingerprint density at radius 1 is 1.45 bits per heavy atom. The lowest BCUT2D eigenvalue weighted by molar-refractivity contribution is 0.159. The molecule has 0 bridgehead atoms. The molecule has 0 spiro atoms. The number of carbonyl (C=O) groups excluding carboxylic acids is 1. The number of fused-ring (bicyclic) bond motifs is 1. The number of rotatable bonds is 2. The maximum Gasteiger partial charge on any atom is 0.415 e. The van der Waals surface area contributed by atoms with E-state index in [9.17, 15) is 4.79 Å². The molecular formula is C16H17NO3. The van der Waals surface area contributed by atoms with E-state index in [-0.39, 0.29) is 6.04 Å². The molecule has 20 heavy (non-hydrogen) atoms. The molecule has 0 radical (unpaired) electrons. The van der Waals surface area contributed by atoms with Gasteiger partial charge in [0.15, 0.2) is 0 Å². The molecule has 4 heteroatoms. The third-order valence-corrected chi connectivity index (χ3v) is 2.99. The monoisotopic (exact) mass is 271 g/mol. The fraction of sp³-hybridized carbons (Fsp3) is 0.312. The highest BCUT2D eigenvalue weighted by Crippen LogP contribution is 2.32. The van der Waals surface area contributed by atoms with Crippen LogP contribution < -0.4 is 9.64 Å². The van der Waals surface area contributed by atoms with Crippen molar-refractivity contribution in [1.82, 2.24) is 0 Å². The standard InChI is InChI=1S/C16H17NO3/c1-4-6-13-8-7-12-11-14(19-3)9-10-15(12)17(13)16(18)20-5-2/h7-11,13H,5H2,1-3H3/t13-/m1/s1. The van der Waals surface area contributed by atoms with Gasteiger partial charge in [-0.1, -0.05) is 12.0 Å². The Kier molecular flexibility index (Phi) is 4.31. The van der Waals surface area contributed by atoms with E-state index in [1.54, 1.807) is 25.9 Å². The third kappa shape index (κ3) is 2.62. The molecule has 0 saturated carbocycles. The molecule has 1 aromatic rings. The number of carbonyl (C=O) groups is 1. The Morgan fingerprint density at radius 3 is 2.90 bits per heavy atom. The molecule has 0 saturated heterocycles.